The normalized spacial score (nSPS) is 29.6. The molecule has 2 saturated carbocycles. The van der Waals surface area contributed by atoms with Crippen LogP contribution in [0.2, 0.25) is 0 Å². The van der Waals surface area contributed by atoms with E-state index in [1.165, 1.54) is 38.9 Å². The Balaban J connectivity index is 1.80. The second-order valence-electron chi connectivity index (χ2n) is 5.50. The van der Waals surface area contributed by atoms with Gasteiger partial charge >= 0.3 is 0 Å². The molecule has 3 N–H and O–H groups in total. The van der Waals surface area contributed by atoms with Gasteiger partial charge in [0.1, 0.15) is 0 Å². The summed E-state index contributed by atoms with van der Waals surface area (Å²) in [5.41, 5.74) is 7.11. The van der Waals surface area contributed by atoms with E-state index in [0.29, 0.717) is 11.7 Å². The van der Waals surface area contributed by atoms with Gasteiger partial charge in [-0.3, -0.25) is 0 Å². The van der Waals surface area contributed by atoms with E-state index in [0.717, 1.165) is 17.5 Å². The number of hydrogen-bond acceptors (Lipinski definition) is 3. The van der Waals surface area contributed by atoms with Gasteiger partial charge < -0.3 is 15.8 Å². The van der Waals surface area contributed by atoms with Gasteiger partial charge in [-0.2, -0.15) is 0 Å². The first kappa shape index (κ1) is 11.6. The molecule has 2 aliphatic rings. The molecule has 2 aliphatic carbocycles. The molecule has 3 rings (SSSR count). The van der Waals surface area contributed by atoms with Gasteiger partial charge in [0.25, 0.3) is 0 Å². The summed E-state index contributed by atoms with van der Waals surface area (Å²) in [6.07, 6.45) is 5.21. The smallest absolute Gasteiger partial charge is 0.167 e. The van der Waals surface area contributed by atoms with Gasteiger partial charge in [0.15, 0.2) is 11.6 Å². The van der Waals surface area contributed by atoms with Crippen LogP contribution < -0.4 is 15.8 Å². The van der Waals surface area contributed by atoms with Crippen molar-refractivity contribution in [3.8, 4) is 5.75 Å². The molecule has 0 spiro atoms. The summed E-state index contributed by atoms with van der Waals surface area (Å²) in [4.78, 5) is 0. The second kappa shape index (κ2) is 4.34. The van der Waals surface area contributed by atoms with Crippen molar-refractivity contribution in [3.05, 3.63) is 17.9 Å². The van der Waals surface area contributed by atoms with Crippen LogP contribution in [0, 0.1) is 17.7 Å². The first-order valence-electron chi connectivity index (χ1n) is 6.57. The van der Waals surface area contributed by atoms with Crippen LogP contribution in [0.5, 0.6) is 5.75 Å². The van der Waals surface area contributed by atoms with Crippen molar-refractivity contribution in [1.82, 2.24) is 0 Å². The van der Waals surface area contributed by atoms with Crippen LogP contribution in [0.4, 0.5) is 15.8 Å². The lowest BCUT2D eigenvalue weighted by Gasteiger charge is -2.25. The molecule has 3 unspecified atom stereocenters. The summed E-state index contributed by atoms with van der Waals surface area (Å²) in [7, 11) is 1.47. The third-order valence-electron chi connectivity index (χ3n) is 4.40. The molecular weight excluding hydrogens is 231 g/mol. The van der Waals surface area contributed by atoms with Crippen molar-refractivity contribution in [2.45, 2.75) is 31.7 Å². The largest absolute Gasteiger partial charge is 0.494 e. The molecule has 1 aromatic carbocycles. The molecule has 1 aromatic rings. The van der Waals surface area contributed by atoms with Crippen molar-refractivity contribution in [2.24, 2.45) is 11.8 Å². The summed E-state index contributed by atoms with van der Waals surface area (Å²) >= 11 is 0. The Morgan fingerprint density at radius 1 is 1.33 bits per heavy atom. The summed E-state index contributed by atoms with van der Waals surface area (Å²) < 4.78 is 18.5. The van der Waals surface area contributed by atoms with Crippen molar-refractivity contribution in [2.75, 3.05) is 18.2 Å². The number of nitrogens with two attached hydrogens (primary N) is 1. The third kappa shape index (κ3) is 1.89. The molecule has 0 aromatic heterocycles. The van der Waals surface area contributed by atoms with Gasteiger partial charge in [0, 0.05) is 18.2 Å². The van der Waals surface area contributed by atoms with Gasteiger partial charge in [-0.05, 0) is 31.1 Å². The average Bonchev–Trinajstić information content (AvgIpc) is 2.94. The number of hydrogen-bond donors (Lipinski definition) is 2. The monoisotopic (exact) mass is 250 g/mol. The SMILES string of the molecule is COc1cc(NC2CC3CCC2C3)c(N)cc1F. The number of ether oxygens (including phenoxy) is 1. The third-order valence-corrected chi connectivity index (χ3v) is 4.40. The molecule has 0 aliphatic heterocycles. The minimum absolute atomic E-state index is 0.245. The van der Waals surface area contributed by atoms with E-state index in [4.69, 9.17) is 10.5 Å². The van der Waals surface area contributed by atoms with Crippen LogP contribution in [0.15, 0.2) is 12.1 Å². The van der Waals surface area contributed by atoms with Crippen LogP contribution >= 0.6 is 0 Å². The number of halogens is 1. The highest BCUT2D eigenvalue weighted by molar-refractivity contribution is 5.69. The van der Waals surface area contributed by atoms with Crippen LogP contribution in [0.3, 0.4) is 0 Å². The number of nitrogens with one attached hydrogen (secondary N) is 1. The first-order valence-corrected chi connectivity index (χ1v) is 6.57. The lowest BCUT2D eigenvalue weighted by atomic mass is 9.95. The zero-order chi connectivity index (χ0) is 12.7. The predicted molar refractivity (Wildman–Crippen MR) is 70.2 cm³/mol. The van der Waals surface area contributed by atoms with E-state index in [1.54, 1.807) is 6.07 Å². The number of benzene rings is 1. The number of anilines is 2. The standard InChI is InChI=1S/C14H19FN2O/c1-18-14-7-13(11(16)6-10(14)15)17-12-5-8-2-3-9(12)4-8/h6-9,12,17H,2-5,16H2,1H3. The van der Waals surface area contributed by atoms with Crippen molar-refractivity contribution in [3.63, 3.8) is 0 Å². The topological polar surface area (TPSA) is 47.3 Å². The fraction of sp³-hybridized carbons (Fsp3) is 0.571. The Kier molecular flexibility index (Phi) is 2.80. The molecule has 4 heteroatoms. The Bertz CT molecular complexity index is 463. The maximum Gasteiger partial charge on any atom is 0.167 e. The molecule has 0 saturated heterocycles. The molecule has 0 radical (unpaired) electrons. The van der Waals surface area contributed by atoms with E-state index < -0.39 is 5.82 Å². The minimum atomic E-state index is -0.409. The van der Waals surface area contributed by atoms with E-state index in [2.05, 4.69) is 5.32 Å². The molecular formula is C14H19FN2O. The van der Waals surface area contributed by atoms with Crippen molar-refractivity contribution in [1.29, 1.82) is 0 Å². The Labute approximate surface area is 107 Å². The van der Waals surface area contributed by atoms with Crippen LogP contribution in [0.1, 0.15) is 25.7 Å². The van der Waals surface area contributed by atoms with Crippen molar-refractivity contribution >= 4 is 11.4 Å². The van der Waals surface area contributed by atoms with Gasteiger partial charge in [-0.25, -0.2) is 4.39 Å². The average molecular weight is 250 g/mol. The zero-order valence-corrected chi connectivity index (χ0v) is 10.6. The molecule has 98 valence electrons. The minimum Gasteiger partial charge on any atom is -0.494 e. The molecule has 3 nitrogen and oxygen atoms in total. The van der Waals surface area contributed by atoms with E-state index in [1.807, 2.05) is 0 Å². The maximum atomic E-state index is 13.5. The van der Waals surface area contributed by atoms with Crippen LogP contribution in [-0.4, -0.2) is 13.2 Å². The molecule has 2 fully saturated rings. The second-order valence-corrected chi connectivity index (χ2v) is 5.50. The molecule has 0 heterocycles. The highest BCUT2D eigenvalue weighted by atomic mass is 19.1. The molecule has 2 bridgehead atoms. The summed E-state index contributed by atoms with van der Waals surface area (Å²) in [5.74, 6) is 1.46. The van der Waals surface area contributed by atoms with Gasteiger partial charge in [-0.15, -0.1) is 0 Å². The summed E-state index contributed by atoms with van der Waals surface area (Å²) in [5, 5.41) is 3.47. The molecule has 3 atom stereocenters. The van der Waals surface area contributed by atoms with Crippen LogP contribution in [0.25, 0.3) is 0 Å². The van der Waals surface area contributed by atoms with E-state index in [-0.39, 0.29) is 5.75 Å². The number of rotatable bonds is 3. The fourth-order valence-electron chi connectivity index (χ4n) is 3.47. The lowest BCUT2D eigenvalue weighted by Crippen LogP contribution is -2.26. The molecule has 18 heavy (non-hydrogen) atoms. The summed E-state index contributed by atoms with van der Waals surface area (Å²) in [6, 6.07) is 3.48. The highest BCUT2D eigenvalue weighted by Crippen LogP contribution is 2.46. The van der Waals surface area contributed by atoms with Gasteiger partial charge in [0.2, 0.25) is 0 Å². The molecule has 0 amide bonds. The number of nitrogen functional groups attached to an aromatic ring is 1. The maximum absolute atomic E-state index is 13.5. The Hall–Kier alpha value is -1.45. The highest BCUT2D eigenvalue weighted by Gasteiger charge is 2.39. The lowest BCUT2D eigenvalue weighted by molar-refractivity contribution is 0.386. The quantitative estimate of drug-likeness (QED) is 0.811. The van der Waals surface area contributed by atoms with E-state index >= 15 is 0 Å². The number of methoxy groups -OCH3 is 1. The Morgan fingerprint density at radius 3 is 2.78 bits per heavy atom. The van der Waals surface area contributed by atoms with E-state index in [9.17, 15) is 4.39 Å². The number of fused-ring (bicyclic) bond motifs is 2. The van der Waals surface area contributed by atoms with Crippen LogP contribution in [-0.2, 0) is 0 Å². The van der Waals surface area contributed by atoms with Gasteiger partial charge in [0.05, 0.1) is 18.5 Å². The zero-order valence-electron chi connectivity index (χ0n) is 10.6. The first-order chi connectivity index (χ1) is 8.67. The van der Waals surface area contributed by atoms with Crippen molar-refractivity contribution < 1.29 is 9.13 Å². The Morgan fingerprint density at radius 2 is 2.17 bits per heavy atom. The fourth-order valence-corrected chi connectivity index (χ4v) is 3.47. The van der Waals surface area contributed by atoms with Gasteiger partial charge in [-0.1, -0.05) is 6.42 Å². The predicted octanol–water partition coefficient (Wildman–Crippen LogP) is 3.02. The summed E-state index contributed by atoms with van der Waals surface area (Å²) in [6.45, 7) is 0.